The van der Waals surface area contributed by atoms with E-state index in [2.05, 4.69) is 67.6 Å². The first-order valence-electron chi connectivity index (χ1n) is 13.2. The molecule has 190 valence electrons. The normalized spacial score (nSPS) is 14.3. The van der Waals surface area contributed by atoms with Crippen molar-refractivity contribution in [1.82, 2.24) is 0 Å². The van der Waals surface area contributed by atoms with Crippen LogP contribution in [0.25, 0.3) is 11.1 Å². The molecule has 0 amide bonds. The number of alkyl halides is 1. The summed E-state index contributed by atoms with van der Waals surface area (Å²) in [4.78, 5) is 0. The number of aromatic hydroxyl groups is 1. The van der Waals surface area contributed by atoms with Gasteiger partial charge in [0.15, 0.2) is 0 Å². The molecular formula is C32H37FO2S. The number of thioether (sulfide) groups is 1. The van der Waals surface area contributed by atoms with Crippen molar-refractivity contribution >= 4 is 22.9 Å². The van der Waals surface area contributed by atoms with E-state index in [4.69, 9.17) is 4.74 Å². The third kappa shape index (κ3) is 6.94. The summed E-state index contributed by atoms with van der Waals surface area (Å²) in [7, 11) is 0. The second kappa shape index (κ2) is 13.5. The minimum absolute atomic E-state index is 0.0936. The molecule has 4 rings (SSSR count). The average Bonchev–Trinajstić information content (AvgIpc) is 3.09. The largest absolute Gasteiger partial charge is 0.508 e. The second-order valence-corrected chi connectivity index (χ2v) is 10.7. The molecule has 0 saturated carbocycles. The number of hydrogen-bond acceptors (Lipinski definition) is 3. The van der Waals surface area contributed by atoms with Gasteiger partial charge in [0, 0.05) is 0 Å². The highest BCUT2D eigenvalue weighted by molar-refractivity contribution is 7.99. The number of hydrogen-bond donors (Lipinski definition) is 1. The fraction of sp³-hybridized carbons (Fsp3) is 0.375. The van der Waals surface area contributed by atoms with Gasteiger partial charge in [-0.1, -0.05) is 61.9 Å². The van der Waals surface area contributed by atoms with Crippen molar-refractivity contribution in [3.05, 3.63) is 95.1 Å². The third-order valence-electron chi connectivity index (χ3n) is 6.69. The van der Waals surface area contributed by atoms with E-state index in [9.17, 15) is 9.50 Å². The molecule has 0 aromatic heterocycles. The fourth-order valence-electron chi connectivity index (χ4n) is 4.84. The zero-order valence-electron chi connectivity index (χ0n) is 21.2. The maximum absolute atomic E-state index is 12.5. The number of phenols is 1. The van der Waals surface area contributed by atoms with Crippen LogP contribution in [0.15, 0.2) is 72.8 Å². The Hall–Kier alpha value is -2.72. The minimum atomic E-state index is -0.244. The fourth-order valence-corrected chi connectivity index (χ4v) is 5.99. The van der Waals surface area contributed by atoms with Crippen molar-refractivity contribution in [2.24, 2.45) is 0 Å². The van der Waals surface area contributed by atoms with Gasteiger partial charge in [0.2, 0.25) is 0 Å². The van der Waals surface area contributed by atoms with Crippen molar-refractivity contribution in [3.8, 4) is 11.5 Å². The molecule has 3 aromatic rings. The highest BCUT2D eigenvalue weighted by Crippen LogP contribution is 2.41. The maximum Gasteiger partial charge on any atom is 0.144 e. The number of fused-ring (bicyclic) bond motifs is 1. The maximum atomic E-state index is 12.5. The highest BCUT2D eigenvalue weighted by Gasteiger charge is 2.21. The van der Waals surface area contributed by atoms with Crippen molar-refractivity contribution in [1.29, 1.82) is 0 Å². The molecule has 2 nitrogen and oxygen atoms in total. The molecule has 0 fully saturated rings. The van der Waals surface area contributed by atoms with Gasteiger partial charge in [-0.15, -0.1) is 11.8 Å². The van der Waals surface area contributed by atoms with Gasteiger partial charge >= 0.3 is 0 Å². The van der Waals surface area contributed by atoms with E-state index in [0.717, 1.165) is 62.0 Å². The van der Waals surface area contributed by atoms with Crippen molar-refractivity contribution < 1.29 is 14.2 Å². The van der Waals surface area contributed by atoms with Gasteiger partial charge in [0.25, 0.3) is 0 Å². The van der Waals surface area contributed by atoms with E-state index in [1.807, 2.05) is 6.07 Å². The molecular weight excluding hydrogens is 467 g/mol. The van der Waals surface area contributed by atoms with Crippen LogP contribution in [-0.4, -0.2) is 23.0 Å². The van der Waals surface area contributed by atoms with Gasteiger partial charge in [0.05, 0.1) is 6.67 Å². The Morgan fingerprint density at radius 2 is 1.72 bits per heavy atom. The van der Waals surface area contributed by atoms with Crippen LogP contribution >= 0.6 is 11.8 Å². The summed E-state index contributed by atoms with van der Waals surface area (Å²) in [5.74, 6) is 2.12. The van der Waals surface area contributed by atoms with Gasteiger partial charge in [-0.05, 0) is 108 Å². The Kier molecular flexibility index (Phi) is 9.92. The molecule has 4 heteroatoms. The van der Waals surface area contributed by atoms with Crippen LogP contribution in [0.1, 0.15) is 74.1 Å². The molecule has 1 N–H and O–H groups in total. The van der Waals surface area contributed by atoms with E-state index >= 15 is 0 Å². The molecule has 1 aliphatic carbocycles. The monoisotopic (exact) mass is 504 g/mol. The van der Waals surface area contributed by atoms with Crippen LogP contribution in [0.5, 0.6) is 11.5 Å². The van der Waals surface area contributed by atoms with Crippen LogP contribution < -0.4 is 4.74 Å². The van der Waals surface area contributed by atoms with E-state index in [1.165, 1.54) is 27.8 Å². The summed E-state index contributed by atoms with van der Waals surface area (Å²) in [5.41, 5.74) is 7.48. The number of allylic oxidation sites excluding steroid dienone is 1. The van der Waals surface area contributed by atoms with Crippen LogP contribution in [-0.2, 0) is 6.42 Å². The van der Waals surface area contributed by atoms with Crippen LogP contribution in [0.4, 0.5) is 4.39 Å². The predicted octanol–water partition coefficient (Wildman–Crippen LogP) is 9.07. The Morgan fingerprint density at radius 1 is 0.917 bits per heavy atom. The summed E-state index contributed by atoms with van der Waals surface area (Å²) < 4.78 is 18.9. The summed E-state index contributed by atoms with van der Waals surface area (Å²) in [5, 5.41) is 10.1. The first kappa shape index (κ1) is 26.3. The summed E-state index contributed by atoms with van der Waals surface area (Å²) in [6.45, 7) is 1.95. The van der Waals surface area contributed by atoms with Gasteiger partial charge in [-0.25, -0.2) is 0 Å². The smallest absolute Gasteiger partial charge is 0.144 e. The van der Waals surface area contributed by atoms with Gasteiger partial charge in [-0.3, -0.25) is 4.39 Å². The average molecular weight is 505 g/mol. The molecule has 36 heavy (non-hydrogen) atoms. The Morgan fingerprint density at radius 3 is 2.47 bits per heavy atom. The predicted molar refractivity (Wildman–Crippen MR) is 151 cm³/mol. The molecule has 1 aliphatic rings. The number of halogens is 1. The lowest BCUT2D eigenvalue weighted by Crippen LogP contribution is -2.13. The number of benzene rings is 3. The van der Waals surface area contributed by atoms with Crippen molar-refractivity contribution in [2.45, 2.75) is 63.7 Å². The van der Waals surface area contributed by atoms with Crippen molar-refractivity contribution in [3.63, 3.8) is 0 Å². The zero-order chi connectivity index (χ0) is 25.2. The molecule has 1 atom stereocenters. The van der Waals surface area contributed by atoms with Gasteiger partial charge in [0.1, 0.15) is 16.9 Å². The standard InChI is InChI=1S/C32H37FO2S/c1-2-3-14-31(36-22-8-7-21-33)35-28-18-15-25(16-19-28)32-29(24-10-5-4-6-11-24)13-9-12-26-23-27(34)17-20-30(26)32/h4-6,10-11,15-20,23,31,34H,2-3,7-9,12-14,21-22H2,1H3/t31-/m0/s1. The topological polar surface area (TPSA) is 29.5 Å². The number of rotatable bonds is 12. The first-order chi connectivity index (χ1) is 17.7. The van der Waals surface area contributed by atoms with Gasteiger partial charge < -0.3 is 9.84 Å². The third-order valence-corrected chi connectivity index (χ3v) is 7.92. The Balaban J connectivity index is 1.64. The first-order valence-corrected chi connectivity index (χ1v) is 14.3. The number of unbranched alkanes of at least 4 members (excludes halogenated alkanes) is 2. The lowest BCUT2D eigenvalue weighted by atomic mass is 9.88. The summed E-state index contributed by atoms with van der Waals surface area (Å²) in [6.07, 6.45) is 7.75. The summed E-state index contributed by atoms with van der Waals surface area (Å²) >= 11 is 1.80. The second-order valence-electron chi connectivity index (χ2n) is 9.40. The van der Waals surface area contributed by atoms with Crippen LogP contribution in [0, 0.1) is 0 Å². The molecule has 0 aliphatic heterocycles. The lowest BCUT2D eigenvalue weighted by Gasteiger charge is -2.20. The molecule has 3 aromatic carbocycles. The number of phenolic OH excluding ortho intramolecular Hbond substituents is 1. The zero-order valence-corrected chi connectivity index (χ0v) is 22.0. The van der Waals surface area contributed by atoms with E-state index in [-0.39, 0.29) is 12.1 Å². The molecule has 0 spiro atoms. The highest BCUT2D eigenvalue weighted by atomic mass is 32.2. The summed E-state index contributed by atoms with van der Waals surface area (Å²) in [6, 6.07) is 24.9. The molecule has 0 saturated heterocycles. The van der Waals surface area contributed by atoms with E-state index in [0.29, 0.717) is 12.2 Å². The SMILES string of the molecule is CCCC[C@@H](Oc1ccc(C2=C(c3ccccc3)CCCc3cc(O)ccc32)cc1)SCCCCF. The lowest BCUT2D eigenvalue weighted by molar-refractivity contribution is 0.273. The quantitative estimate of drug-likeness (QED) is 0.197. The molecule has 0 unspecified atom stereocenters. The molecule has 0 radical (unpaired) electrons. The number of aryl methyl sites for hydroxylation is 1. The Bertz CT molecular complexity index is 1120. The van der Waals surface area contributed by atoms with E-state index in [1.54, 1.807) is 17.8 Å². The number of ether oxygens (including phenoxy) is 1. The van der Waals surface area contributed by atoms with E-state index < -0.39 is 0 Å². The van der Waals surface area contributed by atoms with Crippen molar-refractivity contribution in [2.75, 3.05) is 12.4 Å². The Labute approximate surface area is 219 Å². The minimum Gasteiger partial charge on any atom is -0.508 e. The van der Waals surface area contributed by atoms with Crippen LogP contribution in [0.2, 0.25) is 0 Å². The van der Waals surface area contributed by atoms with Crippen LogP contribution in [0.3, 0.4) is 0 Å². The molecule has 0 heterocycles. The molecule has 0 bridgehead atoms. The van der Waals surface area contributed by atoms with Gasteiger partial charge in [-0.2, -0.15) is 0 Å².